The summed E-state index contributed by atoms with van der Waals surface area (Å²) in [6.45, 7) is 6.67. The van der Waals surface area contributed by atoms with Crippen LogP contribution in [0.1, 0.15) is 26.3 Å². The summed E-state index contributed by atoms with van der Waals surface area (Å²) in [5.74, 6) is 0.473. The second-order valence-electron chi connectivity index (χ2n) is 6.41. The van der Waals surface area contributed by atoms with E-state index in [9.17, 15) is 9.59 Å². The molecule has 0 radical (unpaired) electrons. The van der Waals surface area contributed by atoms with Crippen LogP contribution in [0.2, 0.25) is 0 Å². The zero-order valence-electron chi connectivity index (χ0n) is 15.8. The number of rotatable bonds is 6. The van der Waals surface area contributed by atoms with Crippen LogP contribution in [-0.4, -0.2) is 30.6 Å². The van der Waals surface area contributed by atoms with Gasteiger partial charge in [-0.2, -0.15) is 0 Å². The molecular formula is C21H24N2O4. The van der Waals surface area contributed by atoms with E-state index < -0.39 is 11.5 Å². The van der Waals surface area contributed by atoms with Crippen molar-refractivity contribution in [2.75, 3.05) is 18.1 Å². The quantitative estimate of drug-likeness (QED) is 0.796. The number of fused-ring (bicyclic) bond motifs is 1. The van der Waals surface area contributed by atoms with Gasteiger partial charge in [0.25, 0.3) is 17.4 Å². The van der Waals surface area contributed by atoms with Crippen LogP contribution in [0.15, 0.2) is 48.5 Å². The van der Waals surface area contributed by atoms with Crippen molar-refractivity contribution < 1.29 is 19.1 Å². The average molecular weight is 368 g/mol. The van der Waals surface area contributed by atoms with Crippen LogP contribution in [0, 0.1) is 0 Å². The van der Waals surface area contributed by atoms with Gasteiger partial charge in [-0.25, -0.2) is 0 Å². The molecule has 2 amide bonds. The Bertz CT molecular complexity index is 834. The van der Waals surface area contributed by atoms with Crippen LogP contribution >= 0.6 is 0 Å². The number of amides is 2. The first-order valence-corrected chi connectivity index (χ1v) is 9.09. The van der Waals surface area contributed by atoms with Crippen molar-refractivity contribution >= 4 is 17.5 Å². The SMILES string of the molecule is CCOc1ccc(CNC(=O)C2(C)Oc3ccccc3N(CC)C2=O)cc1. The number of hydrogen-bond acceptors (Lipinski definition) is 4. The van der Waals surface area contributed by atoms with Crippen molar-refractivity contribution in [1.29, 1.82) is 0 Å². The van der Waals surface area contributed by atoms with Gasteiger partial charge in [0.2, 0.25) is 0 Å². The molecule has 1 aliphatic rings. The Hall–Kier alpha value is -3.02. The highest BCUT2D eigenvalue weighted by atomic mass is 16.5. The lowest BCUT2D eigenvalue weighted by Crippen LogP contribution is -2.62. The van der Waals surface area contributed by atoms with E-state index in [0.717, 1.165) is 11.3 Å². The molecule has 6 heteroatoms. The van der Waals surface area contributed by atoms with E-state index in [4.69, 9.17) is 9.47 Å². The van der Waals surface area contributed by atoms with Gasteiger partial charge in [-0.05, 0) is 50.6 Å². The van der Waals surface area contributed by atoms with Crippen LogP contribution in [0.25, 0.3) is 0 Å². The number of carbonyl (C=O) groups excluding carboxylic acids is 2. The number of nitrogens with one attached hydrogen (secondary N) is 1. The Kier molecular flexibility index (Phi) is 5.35. The third-order valence-electron chi connectivity index (χ3n) is 4.56. The summed E-state index contributed by atoms with van der Waals surface area (Å²) < 4.78 is 11.3. The zero-order valence-corrected chi connectivity index (χ0v) is 15.8. The summed E-state index contributed by atoms with van der Waals surface area (Å²) in [6.07, 6.45) is 0. The Balaban J connectivity index is 1.74. The summed E-state index contributed by atoms with van der Waals surface area (Å²) in [7, 11) is 0. The number of hydrogen-bond donors (Lipinski definition) is 1. The minimum atomic E-state index is -1.60. The van der Waals surface area contributed by atoms with Crippen molar-refractivity contribution in [2.45, 2.75) is 32.9 Å². The van der Waals surface area contributed by atoms with Gasteiger partial charge in [0.05, 0.1) is 12.3 Å². The summed E-state index contributed by atoms with van der Waals surface area (Å²) in [4.78, 5) is 27.3. The van der Waals surface area contributed by atoms with Crippen molar-refractivity contribution in [2.24, 2.45) is 0 Å². The molecule has 1 atom stereocenters. The van der Waals surface area contributed by atoms with Crippen LogP contribution in [0.3, 0.4) is 0 Å². The molecule has 3 rings (SSSR count). The lowest BCUT2D eigenvalue weighted by atomic mass is 9.99. The molecule has 2 aromatic rings. The molecule has 1 heterocycles. The number of para-hydroxylation sites is 2. The highest BCUT2D eigenvalue weighted by Gasteiger charge is 2.50. The normalized spacial score (nSPS) is 18.5. The third-order valence-corrected chi connectivity index (χ3v) is 4.56. The number of likely N-dealkylation sites (N-methyl/N-ethyl adjacent to an activating group) is 1. The lowest BCUT2D eigenvalue weighted by molar-refractivity contribution is -0.148. The van der Waals surface area contributed by atoms with Crippen molar-refractivity contribution in [3.63, 3.8) is 0 Å². The number of ether oxygens (including phenoxy) is 2. The molecule has 6 nitrogen and oxygen atoms in total. The molecule has 1 unspecified atom stereocenters. The Morgan fingerprint density at radius 3 is 2.52 bits per heavy atom. The van der Waals surface area contributed by atoms with Gasteiger partial charge in [-0.3, -0.25) is 9.59 Å². The highest BCUT2D eigenvalue weighted by molar-refractivity contribution is 6.16. The molecule has 0 spiro atoms. The Labute approximate surface area is 159 Å². The summed E-state index contributed by atoms with van der Waals surface area (Å²) in [5.41, 5.74) is -0.0106. The number of nitrogens with zero attached hydrogens (tertiary/aromatic N) is 1. The molecular weight excluding hydrogens is 344 g/mol. The fraction of sp³-hybridized carbons (Fsp3) is 0.333. The molecule has 1 aliphatic heterocycles. The smallest absolute Gasteiger partial charge is 0.280 e. The number of benzene rings is 2. The predicted octanol–water partition coefficient (Wildman–Crippen LogP) is 2.91. The van der Waals surface area contributed by atoms with Crippen LogP contribution in [0.4, 0.5) is 5.69 Å². The first-order valence-electron chi connectivity index (χ1n) is 9.09. The summed E-state index contributed by atoms with van der Waals surface area (Å²) in [5, 5.41) is 2.81. The van der Waals surface area contributed by atoms with Gasteiger partial charge < -0.3 is 19.7 Å². The molecule has 142 valence electrons. The van der Waals surface area contributed by atoms with E-state index in [1.54, 1.807) is 11.0 Å². The molecule has 0 bridgehead atoms. The first kappa shape index (κ1) is 18.8. The van der Waals surface area contributed by atoms with E-state index in [0.29, 0.717) is 31.1 Å². The maximum absolute atomic E-state index is 12.9. The average Bonchev–Trinajstić information content (AvgIpc) is 2.68. The molecule has 0 aliphatic carbocycles. The lowest BCUT2D eigenvalue weighted by Gasteiger charge is -2.39. The third kappa shape index (κ3) is 3.60. The highest BCUT2D eigenvalue weighted by Crippen LogP contribution is 2.37. The molecule has 0 aromatic heterocycles. The van der Waals surface area contributed by atoms with Gasteiger partial charge in [0.1, 0.15) is 11.5 Å². The van der Waals surface area contributed by atoms with E-state index in [1.165, 1.54) is 6.92 Å². The standard InChI is InChI=1S/C21H24N2O4/c1-4-23-17-8-6-7-9-18(17)27-21(3,20(23)25)19(24)22-14-15-10-12-16(13-11-15)26-5-2/h6-13H,4-5,14H2,1-3H3,(H,22,24). The fourth-order valence-electron chi connectivity index (χ4n) is 3.08. The molecule has 27 heavy (non-hydrogen) atoms. The maximum Gasteiger partial charge on any atom is 0.280 e. The van der Waals surface area contributed by atoms with Gasteiger partial charge in [-0.15, -0.1) is 0 Å². The van der Waals surface area contributed by atoms with Crippen molar-refractivity contribution in [3.8, 4) is 11.5 Å². The van der Waals surface area contributed by atoms with Gasteiger partial charge >= 0.3 is 0 Å². The molecule has 0 saturated carbocycles. The topological polar surface area (TPSA) is 67.9 Å². The Morgan fingerprint density at radius 2 is 1.85 bits per heavy atom. The van der Waals surface area contributed by atoms with Crippen LogP contribution in [0.5, 0.6) is 11.5 Å². The van der Waals surface area contributed by atoms with Crippen LogP contribution < -0.4 is 19.7 Å². The molecule has 2 aromatic carbocycles. The zero-order chi connectivity index (χ0) is 19.4. The van der Waals surface area contributed by atoms with E-state index in [-0.39, 0.29) is 5.91 Å². The second kappa shape index (κ2) is 7.70. The van der Waals surface area contributed by atoms with Crippen molar-refractivity contribution in [3.05, 3.63) is 54.1 Å². The van der Waals surface area contributed by atoms with Gasteiger partial charge in [0.15, 0.2) is 0 Å². The largest absolute Gasteiger partial charge is 0.494 e. The summed E-state index contributed by atoms with van der Waals surface area (Å²) >= 11 is 0. The van der Waals surface area contributed by atoms with Gasteiger partial charge in [0, 0.05) is 13.1 Å². The molecule has 0 fully saturated rings. The van der Waals surface area contributed by atoms with E-state index >= 15 is 0 Å². The molecule has 1 N–H and O–H groups in total. The Morgan fingerprint density at radius 1 is 1.15 bits per heavy atom. The number of anilines is 1. The first-order chi connectivity index (χ1) is 13.0. The number of carbonyl (C=O) groups is 2. The van der Waals surface area contributed by atoms with Crippen LogP contribution in [-0.2, 0) is 16.1 Å². The fourth-order valence-corrected chi connectivity index (χ4v) is 3.08. The monoisotopic (exact) mass is 368 g/mol. The maximum atomic E-state index is 12.9. The van der Waals surface area contributed by atoms with Crippen molar-refractivity contribution in [1.82, 2.24) is 5.32 Å². The van der Waals surface area contributed by atoms with Gasteiger partial charge in [-0.1, -0.05) is 24.3 Å². The minimum Gasteiger partial charge on any atom is -0.494 e. The molecule has 0 saturated heterocycles. The summed E-state index contributed by atoms with van der Waals surface area (Å²) in [6, 6.07) is 14.7. The minimum absolute atomic E-state index is 0.297. The predicted molar refractivity (Wildman–Crippen MR) is 103 cm³/mol. The second-order valence-corrected chi connectivity index (χ2v) is 6.41. The van der Waals surface area contributed by atoms with E-state index in [1.807, 2.05) is 56.3 Å². The van der Waals surface area contributed by atoms with E-state index in [2.05, 4.69) is 5.32 Å².